The molecular formula is C16H26N4. The van der Waals surface area contributed by atoms with Crippen LogP contribution in [0.2, 0.25) is 0 Å². The minimum atomic E-state index is 0.131. The first kappa shape index (κ1) is 12.8. The Hall–Kier alpha value is -0.870. The van der Waals surface area contributed by atoms with E-state index in [1.807, 2.05) is 0 Å². The third-order valence-electron chi connectivity index (χ3n) is 5.42. The summed E-state index contributed by atoms with van der Waals surface area (Å²) in [6, 6.07) is 2.84. The van der Waals surface area contributed by atoms with Crippen molar-refractivity contribution < 1.29 is 0 Å². The highest BCUT2D eigenvalue weighted by molar-refractivity contribution is 5.11. The van der Waals surface area contributed by atoms with Crippen LogP contribution in [0.15, 0.2) is 12.3 Å². The third-order valence-corrected chi connectivity index (χ3v) is 5.42. The molecule has 2 N–H and O–H groups in total. The van der Waals surface area contributed by atoms with Crippen LogP contribution in [0.4, 0.5) is 0 Å². The molecule has 1 aliphatic heterocycles. The molecule has 0 unspecified atom stereocenters. The maximum atomic E-state index is 6.41. The van der Waals surface area contributed by atoms with Gasteiger partial charge in [0.25, 0.3) is 0 Å². The van der Waals surface area contributed by atoms with Gasteiger partial charge in [0.05, 0.1) is 11.7 Å². The fraction of sp³-hybridized carbons (Fsp3) is 0.812. The summed E-state index contributed by atoms with van der Waals surface area (Å²) >= 11 is 0. The van der Waals surface area contributed by atoms with Crippen LogP contribution < -0.4 is 5.73 Å². The van der Waals surface area contributed by atoms with Crippen LogP contribution in [0, 0.1) is 5.92 Å². The van der Waals surface area contributed by atoms with E-state index in [1.54, 1.807) is 0 Å². The third kappa shape index (κ3) is 2.40. The van der Waals surface area contributed by atoms with Crippen molar-refractivity contribution >= 4 is 0 Å². The maximum Gasteiger partial charge on any atom is 0.0764 e. The van der Waals surface area contributed by atoms with E-state index in [9.17, 15) is 0 Å². The standard InChI is InChI=1S/C16H26N4/c17-16(13-6-7-13)11-19(12-16)10-14-8-9-20(18-14)15-4-2-1-3-5-15/h8-9,13,15H,1-7,10-12,17H2. The van der Waals surface area contributed by atoms with Gasteiger partial charge >= 0.3 is 0 Å². The predicted octanol–water partition coefficient (Wildman–Crippen LogP) is 2.31. The second-order valence-corrected chi connectivity index (χ2v) is 7.23. The van der Waals surface area contributed by atoms with Gasteiger partial charge in [0.1, 0.15) is 0 Å². The second kappa shape index (κ2) is 4.85. The minimum absolute atomic E-state index is 0.131. The van der Waals surface area contributed by atoms with Crippen LogP contribution in [-0.2, 0) is 6.54 Å². The number of nitrogens with two attached hydrogens (primary N) is 1. The zero-order valence-electron chi connectivity index (χ0n) is 12.3. The maximum absolute atomic E-state index is 6.41. The van der Waals surface area contributed by atoms with Gasteiger partial charge in [-0.15, -0.1) is 0 Å². The van der Waals surface area contributed by atoms with Gasteiger partial charge in [-0.05, 0) is 37.7 Å². The quantitative estimate of drug-likeness (QED) is 0.916. The Morgan fingerprint density at radius 3 is 2.60 bits per heavy atom. The Bertz CT molecular complexity index is 465. The molecular weight excluding hydrogens is 248 g/mol. The van der Waals surface area contributed by atoms with Crippen LogP contribution in [-0.4, -0.2) is 33.3 Å². The topological polar surface area (TPSA) is 47.1 Å². The van der Waals surface area contributed by atoms with Crippen molar-refractivity contribution in [3.05, 3.63) is 18.0 Å². The Labute approximate surface area is 121 Å². The Morgan fingerprint density at radius 1 is 1.15 bits per heavy atom. The lowest BCUT2D eigenvalue weighted by Crippen LogP contribution is -2.68. The average molecular weight is 274 g/mol. The SMILES string of the molecule is NC1(C2CC2)CN(Cc2ccn(C3CCCCC3)n2)C1. The molecule has 20 heavy (non-hydrogen) atoms. The van der Waals surface area contributed by atoms with Gasteiger partial charge in [-0.2, -0.15) is 5.10 Å². The molecule has 4 rings (SSSR count). The highest BCUT2D eigenvalue weighted by atomic mass is 15.3. The smallest absolute Gasteiger partial charge is 0.0764 e. The lowest BCUT2D eigenvalue weighted by Gasteiger charge is -2.48. The Balaban J connectivity index is 1.32. The molecule has 0 radical (unpaired) electrons. The van der Waals surface area contributed by atoms with Crippen molar-refractivity contribution in [3.8, 4) is 0 Å². The summed E-state index contributed by atoms with van der Waals surface area (Å²) in [7, 11) is 0. The molecule has 0 amide bonds. The molecule has 0 atom stereocenters. The Morgan fingerprint density at radius 2 is 1.90 bits per heavy atom. The molecule has 3 fully saturated rings. The van der Waals surface area contributed by atoms with Gasteiger partial charge in [0, 0.05) is 31.4 Å². The van der Waals surface area contributed by atoms with Gasteiger partial charge in [0.2, 0.25) is 0 Å². The molecule has 110 valence electrons. The van der Waals surface area contributed by atoms with E-state index in [1.165, 1.54) is 50.6 Å². The van der Waals surface area contributed by atoms with Gasteiger partial charge in [-0.25, -0.2) is 0 Å². The fourth-order valence-electron chi connectivity index (χ4n) is 4.05. The van der Waals surface area contributed by atoms with Crippen LogP contribution in [0.1, 0.15) is 56.7 Å². The van der Waals surface area contributed by atoms with Crippen molar-refractivity contribution in [3.63, 3.8) is 0 Å². The van der Waals surface area contributed by atoms with Crippen LogP contribution in [0.3, 0.4) is 0 Å². The molecule has 0 spiro atoms. The number of likely N-dealkylation sites (tertiary alicyclic amines) is 1. The molecule has 1 aromatic heterocycles. The first-order valence-corrected chi connectivity index (χ1v) is 8.28. The minimum Gasteiger partial charge on any atom is -0.323 e. The lowest BCUT2D eigenvalue weighted by atomic mass is 9.86. The van der Waals surface area contributed by atoms with Gasteiger partial charge < -0.3 is 5.73 Å². The van der Waals surface area contributed by atoms with Gasteiger partial charge in [-0.3, -0.25) is 9.58 Å². The zero-order valence-corrected chi connectivity index (χ0v) is 12.3. The number of rotatable bonds is 4. The molecule has 3 aliphatic rings. The van der Waals surface area contributed by atoms with E-state index < -0.39 is 0 Å². The van der Waals surface area contributed by atoms with Gasteiger partial charge in [0.15, 0.2) is 0 Å². The highest BCUT2D eigenvalue weighted by Crippen LogP contribution is 2.43. The normalized spacial score (nSPS) is 27.4. The van der Waals surface area contributed by atoms with Crippen LogP contribution in [0.5, 0.6) is 0 Å². The van der Waals surface area contributed by atoms with Crippen molar-refractivity contribution in [2.45, 2.75) is 63.1 Å². The summed E-state index contributed by atoms with van der Waals surface area (Å²) in [5.41, 5.74) is 7.75. The second-order valence-electron chi connectivity index (χ2n) is 7.23. The summed E-state index contributed by atoms with van der Waals surface area (Å²) in [4.78, 5) is 2.45. The van der Waals surface area contributed by atoms with Crippen molar-refractivity contribution in [1.29, 1.82) is 0 Å². The summed E-state index contributed by atoms with van der Waals surface area (Å²) in [5.74, 6) is 0.804. The molecule has 0 aromatic carbocycles. The highest BCUT2D eigenvalue weighted by Gasteiger charge is 2.50. The molecule has 2 heterocycles. The van der Waals surface area contributed by atoms with E-state index in [2.05, 4.69) is 21.8 Å². The first-order chi connectivity index (χ1) is 9.73. The van der Waals surface area contributed by atoms with E-state index in [0.29, 0.717) is 6.04 Å². The van der Waals surface area contributed by atoms with Crippen molar-refractivity contribution in [2.24, 2.45) is 11.7 Å². The van der Waals surface area contributed by atoms with E-state index in [0.717, 1.165) is 25.6 Å². The number of aromatic nitrogens is 2. The number of nitrogens with zero attached hydrogens (tertiary/aromatic N) is 3. The predicted molar refractivity (Wildman–Crippen MR) is 79.3 cm³/mol. The van der Waals surface area contributed by atoms with E-state index in [4.69, 9.17) is 10.8 Å². The molecule has 2 aliphatic carbocycles. The monoisotopic (exact) mass is 274 g/mol. The first-order valence-electron chi connectivity index (χ1n) is 8.28. The van der Waals surface area contributed by atoms with Crippen molar-refractivity contribution in [1.82, 2.24) is 14.7 Å². The van der Waals surface area contributed by atoms with Crippen LogP contribution >= 0.6 is 0 Å². The summed E-state index contributed by atoms with van der Waals surface area (Å²) < 4.78 is 2.21. The molecule has 1 saturated heterocycles. The number of hydrogen-bond acceptors (Lipinski definition) is 3. The number of hydrogen-bond donors (Lipinski definition) is 1. The van der Waals surface area contributed by atoms with Gasteiger partial charge in [-0.1, -0.05) is 19.3 Å². The van der Waals surface area contributed by atoms with E-state index >= 15 is 0 Å². The molecule has 4 nitrogen and oxygen atoms in total. The van der Waals surface area contributed by atoms with Crippen LogP contribution in [0.25, 0.3) is 0 Å². The largest absolute Gasteiger partial charge is 0.323 e. The lowest BCUT2D eigenvalue weighted by molar-refractivity contribution is 0.0465. The zero-order chi connectivity index (χ0) is 13.6. The molecule has 2 saturated carbocycles. The van der Waals surface area contributed by atoms with Crippen molar-refractivity contribution in [2.75, 3.05) is 13.1 Å². The molecule has 4 heteroatoms. The average Bonchev–Trinajstić information content (AvgIpc) is 3.19. The Kier molecular flexibility index (Phi) is 3.11. The summed E-state index contributed by atoms with van der Waals surface area (Å²) in [6.07, 6.45) is 11.6. The summed E-state index contributed by atoms with van der Waals surface area (Å²) in [6.45, 7) is 3.10. The molecule has 0 bridgehead atoms. The van der Waals surface area contributed by atoms with E-state index in [-0.39, 0.29) is 5.54 Å². The molecule has 1 aromatic rings. The summed E-state index contributed by atoms with van der Waals surface area (Å²) in [5, 5.41) is 4.80. The fourth-order valence-corrected chi connectivity index (χ4v) is 4.05.